The summed E-state index contributed by atoms with van der Waals surface area (Å²) in [5, 5.41) is 12.0. The molecule has 1 aromatic heterocycles. The molecule has 0 aliphatic heterocycles. The van der Waals surface area contributed by atoms with Crippen molar-refractivity contribution in [1.82, 2.24) is 9.97 Å². The maximum Gasteiger partial charge on any atom is 0.133 e. The van der Waals surface area contributed by atoms with Crippen LogP contribution in [0.3, 0.4) is 0 Å². The lowest BCUT2D eigenvalue weighted by Gasteiger charge is -2.12. The number of nitrogen functional groups attached to an aromatic ring is 1. The molecular weight excluding hydrogens is 192 g/mol. The fraction of sp³-hybridized carbons (Fsp3) is 0.600. The van der Waals surface area contributed by atoms with Gasteiger partial charge in [-0.1, -0.05) is 6.92 Å². The van der Waals surface area contributed by atoms with Gasteiger partial charge in [0.1, 0.15) is 17.5 Å². The van der Waals surface area contributed by atoms with Gasteiger partial charge in [-0.05, 0) is 13.3 Å². The molecule has 0 bridgehead atoms. The van der Waals surface area contributed by atoms with Gasteiger partial charge in [-0.25, -0.2) is 9.97 Å². The molecule has 15 heavy (non-hydrogen) atoms. The summed E-state index contributed by atoms with van der Waals surface area (Å²) in [6, 6.07) is 1.64. The Labute approximate surface area is 89.7 Å². The van der Waals surface area contributed by atoms with Crippen molar-refractivity contribution in [2.75, 3.05) is 17.7 Å². The molecule has 5 nitrogen and oxygen atoms in total. The zero-order valence-corrected chi connectivity index (χ0v) is 9.20. The number of hydrogen-bond acceptors (Lipinski definition) is 5. The van der Waals surface area contributed by atoms with Crippen LogP contribution in [0.4, 0.5) is 11.6 Å². The van der Waals surface area contributed by atoms with E-state index in [9.17, 15) is 0 Å². The van der Waals surface area contributed by atoms with Gasteiger partial charge in [0.2, 0.25) is 0 Å². The zero-order chi connectivity index (χ0) is 11.3. The van der Waals surface area contributed by atoms with Crippen LogP contribution in [0.2, 0.25) is 0 Å². The summed E-state index contributed by atoms with van der Waals surface area (Å²) >= 11 is 0. The molecule has 0 amide bonds. The number of aliphatic hydroxyl groups excluding tert-OH is 1. The highest BCUT2D eigenvalue weighted by atomic mass is 16.3. The molecule has 0 aliphatic rings. The van der Waals surface area contributed by atoms with E-state index in [0.29, 0.717) is 11.6 Å². The zero-order valence-electron chi connectivity index (χ0n) is 9.20. The molecule has 0 saturated carbocycles. The molecule has 84 valence electrons. The Hall–Kier alpha value is -1.36. The van der Waals surface area contributed by atoms with Gasteiger partial charge in [0, 0.05) is 18.5 Å². The Kier molecular flexibility index (Phi) is 4.30. The van der Waals surface area contributed by atoms with Gasteiger partial charge in [0.15, 0.2) is 0 Å². The molecule has 0 aliphatic carbocycles. The third-order valence-electron chi connectivity index (χ3n) is 1.93. The van der Waals surface area contributed by atoms with Crippen molar-refractivity contribution in [1.29, 1.82) is 0 Å². The largest absolute Gasteiger partial charge is 0.394 e. The highest BCUT2D eigenvalue weighted by Gasteiger charge is 2.04. The van der Waals surface area contributed by atoms with Crippen molar-refractivity contribution in [2.45, 2.75) is 32.7 Å². The predicted molar refractivity (Wildman–Crippen MR) is 60.6 cm³/mol. The molecule has 1 atom stereocenters. The van der Waals surface area contributed by atoms with E-state index in [0.717, 1.165) is 18.7 Å². The van der Waals surface area contributed by atoms with Crippen molar-refractivity contribution < 1.29 is 5.11 Å². The molecule has 0 saturated heterocycles. The van der Waals surface area contributed by atoms with Gasteiger partial charge >= 0.3 is 0 Å². The van der Waals surface area contributed by atoms with Crippen LogP contribution < -0.4 is 11.1 Å². The first kappa shape index (κ1) is 11.7. The van der Waals surface area contributed by atoms with Crippen LogP contribution >= 0.6 is 0 Å². The molecule has 4 N–H and O–H groups in total. The maximum atomic E-state index is 8.90. The SMILES string of the molecule is CCCc1nc(N)cc(NC(C)CO)n1. The van der Waals surface area contributed by atoms with Crippen LogP contribution in [0.25, 0.3) is 0 Å². The standard InChI is InChI=1S/C10H18N4O/c1-3-4-9-13-8(11)5-10(14-9)12-7(2)6-15/h5,7,15H,3-4,6H2,1-2H3,(H3,11,12,13,14). The van der Waals surface area contributed by atoms with Crippen molar-refractivity contribution in [3.8, 4) is 0 Å². The molecule has 5 heteroatoms. The van der Waals surface area contributed by atoms with Crippen LogP contribution in [0.1, 0.15) is 26.1 Å². The number of nitrogens with zero attached hydrogens (tertiary/aromatic N) is 2. The Bertz CT molecular complexity index is 316. The number of hydrogen-bond donors (Lipinski definition) is 3. The summed E-state index contributed by atoms with van der Waals surface area (Å²) < 4.78 is 0. The average Bonchev–Trinajstić information content (AvgIpc) is 2.17. The minimum atomic E-state index is -0.0335. The second-order valence-corrected chi connectivity index (χ2v) is 3.57. The normalized spacial score (nSPS) is 12.5. The summed E-state index contributed by atoms with van der Waals surface area (Å²) in [4.78, 5) is 8.42. The van der Waals surface area contributed by atoms with Crippen molar-refractivity contribution in [2.24, 2.45) is 0 Å². The Balaban J connectivity index is 2.78. The molecule has 0 fully saturated rings. The fourth-order valence-electron chi connectivity index (χ4n) is 1.23. The number of anilines is 2. The van der Waals surface area contributed by atoms with Gasteiger partial charge in [-0.2, -0.15) is 0 Å². The van der Waals surface area contributed by atoms with Gasteiger partial charge in [0.05, 0.1) is 6.61 Å². The Morgan fingerprint density at radius 3 is 2.87 bits per heavy atom. The molecule has 1 rings (SSSR count). The topological polar surface area (TPSA) is 84.1 Å². The first-order valence-electron chi connectivity index (χ1n) is 5.16. The number of aliphatic hydroxyl groups is 1. The lowest BCUT2D eigenvalue weighted by Crippen LogP contribution is -2.20. The molecular formula is C10H18N4O. The maximum absolute atomic E-state index is 8.90. The minimum absolute atomic E-state index is 0.0335. The lowest BCUT2D eigenvalue weighted by molar-refractivity contribution is 0.281. The quantitative estimate of drug-likeness (QED) is 0.669. The van der Waals surface area contributed by atoms with E-state index in [-0.39, 0.29) is 12.6 Å². The number of nitrogens with two attached hydrogens (primary N) is 1. The minimum Gasteiger partial charge on any atom is -0.394 e. The van der Waals surface area contributed by atoms with E-state index in [2.05, 4.69) is 22.2 Å². The van der Waals surface area contributed by atoms with Crippen LogP contribution in [-0.2, 0) is 6.42 Å². The fourth-order valence-corrected chi connectivity index (χ4v) is 1.23. The van der Waals surface area contributed by atoms with Gasteiger partial charge in [0.25, 0.3) is 0 Å². The number of aryl methyl sites for hydroxylation is 1. The monoisotopic (exact) mass is 210 g/mol. The molecule has 1 aromatic rings. The summed E-state index contributed by atoms with van der Waals surface area (Å²) in [6.07, 6.45) is 1.80. The summed E-state index contributed by atoms with van der Waals surface area (Å²) in [5.74, 6) is 1.87. The van der Waals surface area contributed by atoms with Crippen LogP contribution in [0.15, 0.2) is 6.07 Å². The molecule has 0 radical (unpaired) electrons. The van der Waals surface area contributed by atoms with E-state index in [1.807, 2.05) is 6.92 Å². The van der Waals surface area contributed by atoms with E-state index in [4.69, 9.17) is 10.8 Å². The van der Waals surface area contributed by atoms with E-state index < -0.39 is 0 Å². The van der Waals surface area contributed by atoms with E-state index in [1.54, 1.807) is 6.07 Å². The van der Waals surface area contributed by atoms with Crippen LogP contribution in [0.5, 0.6) is 0 Å². The van der Waals surface area contributed by atoms with Crippen molar-refractivity contribution in [3.05, 3.63) is 11.9 Å². The summed E-state index contributed by atoms with van der Waals surface area (Å²) in [5.41, 5.74) is 5.65. The number of nitrogens with one attached hydrogen (secondary N) is 1. The first-order valence-corrected chi connectivity index (χ1v) is 5.16. The van der Waals surface area contributed by atoms with Crippen LogP contribution in [-0.4, -0.2) is 27.7 Å². The Morgan fingerprint density at radius 2 is 2.27 bits per heavy atom. The number of rotatable bonds is 5. The van der Waals surface area contributed by atoms with Gasteiger partial charge in [-0.15, -0.1) is 0 Å². The molecule has 1 unspecified atom stereocenters. The van der Waals surface area contributed by atoms with Crippen LogP contribution in [0, 0.1) is 0 Å². The first-order chi connectivity index (χ1) is 7.15. The second kappa shape index (κ2) is 5.50. The highest BCUT2D eigenvalue weighted by Crippen LogP contribution is 2.10. The smallest absolute Gasteiger partial charge is 0.133 e. The molecule has 0 spiro atoms. The second-order valence-electron chi connectivity index (χ2n) is 3.57. The average molecular weight is 210 g/mol. The van der Waals surface area contributed by atoms with E-state index >= 15 is 0 Å². The van der Waals surface area contributed by atoms with Crippen molar-refractivity contribution >= 4 is 11.6 Å². The third kappa shape index (κ3) is 3.71. The molecule has 0 aromatic carbocycles. The van der Waals surface area contributed by atoms with Gasteiger partial charge in [-0.3, -0.25) is 0 Å². The van der Waals surface area contributed by atoms with E-state index in [1.165, 1.54) is 0 Å². The third-order valence-corrected chi connectivity index (χ3v) is 1.93. The summed E-state index contributed by atoms with van der Waals surface area (Å²) in [6.45, 7) is 4.00. The van der Waals surface area contributed by atoms with Gasteiger partial charge < -0.3 is 16.2 Å². The Morgan fingerprint density at radius 1 is 1.53 bits per heavy atom. The van der Waals surface area contributed by atoms with Crippen molar-refractivity contribution in [3.63, 3.8) is 0 Å². The lowest BCUT2D eigenvalue weighted by atomic mass is 10.3. The summed E-state index contributed by atoms with van der Waals surface area (Å²) in [7, 11) is 0. The highest BCUT2D eigenvalue weighted by molar-refractivity contribution is 5.45. The number of aromatic nitrogens is 2. The predicted octanol–water partition coefficient (Wildman–Crippen LogP) is 0.804. The molecule has 1 heterocycles.